The van der Waals surface area contributed by atoms with Gasteiger partial charge in [0, 0.05) is 17.8 Å². The standard InChI is InChI=1S/C14H22N2/c1-12-5-7-13(8-6-12)16-14(11-15)9-3-2-4-10-14/h5-8,16H,2-4,9-11,15H2,1H3. The first-order valence-corrected chi connectivity index (χ1v) is 6.29. The van der Waals surface area contributed by atoms with Gasteiger partial charge in [-0.3, -0.25) is 0 Å². The van der Waals surface area contributed by atoms with Crippen LogP contribution in [0.3, 0.4) is 0 Å². The molecular weight excluding hydrogens is 196 g/mol. The second-order valence-electron chi connectivity index (χ2n) is 5.04. The average Bonchev–Trinajstić information content (AvgIpc) is 2.33. The summed E-state index contributed by atoms with van der Waals surface area (Å²) in [5, 5.41) is 3.65. The molecule has 0 saturated heterocycles. The summed E-state index contributed by atoms with van der Waals surface area (Å²) in [6.07, 6.45) is 6.37. The Balaban J connectivity index is 2.08. The van der Waals surface area contributed by atoms with Crippen molar-refractivity contribution in [1.29, 1.82) is 0 Å². The normalized spacial score (nSPS) is 19.4. The summed E-state index contributed by atoms with van der Waals surface area (Å²) < 4.78 is 0. The van der Waals surface area contributed by atoms with Crippen molar-refractivity contribution in [2.45, 2.75) is 44.6 Å². The van der Waals surface area contributed by atoms with Gasteiger partial charge in [-0.15, -0.1) is 0 Å². The van der Waals surface area contributed by atoms with Crippen molar-refractivity contribution in [2.75, 3.05) is 11.9 Å². The van der Waals surface area contributed by atoms with Crippen LogP contribution in [-0.4, -0.2) is 12.1 Å². The lowest BCUT2D eigenvalue weighted by Gasteiger charge is -2.38. The molecule has 0 bridgehead atoms. The fourth-order valence-corrected chi connectivity index (χ4v) is 2.55. The van der Waals surface area contributed by atoms with E-state index in [1.807, 2.05) is 0 Å². The third kappa shape index (κ3) is 2.56. The molecule has 0 aliphatic heterocycles. The van der Waals surface area contributed by atoms with Gasteiger partial charge in [0.05, 0.1) is 0 Å². The lowest BCUT2D eigenvalue weighted by molar-refractivity contribution is 0.331. The summed E-state index contributed by atoms with van der Waals surface area (Å²) in [5.41, 5.74) is 8.61. The molecule has 0 atom stereocenters. The fourth-order valence-electron chi connectivity index (χ4n) is 2.55. The largest absolute Gasteiger partial charge is 0.378 e. The minimum absolute atomic E-state index is 0.146. The lowest BCUT2D eigenvalue weighted by Crippen LogP contribution is -2.46. The molecule has 0 heterocycles. The van der Waals surface area contributed by atoms with E-state index >= 15 is 0 Å². The predicted molar refractivity (Wildman–Crippen MR) is 69.7 cm³/mol. The zero-order valence-electron chi connectivity index (χ0n) is 10.1. The zero-order chi connectivity index (χ0) is 11.4. The van der Waals surface area contributed by atoms with Crippen LogP contribution in [0.4, 0.5) is 5.69 Å². The van der Waals surface area contributed by atoms with E-state index < -0.39 is 0 Å². The fraction of sp³-hybridized carbons (Fsp3) is 0.571. The van der Waals surface area contributed by atoms with Crippen molar-refractivity contribution in [3.05, 3.63) is 29.8 Å². The van der Waals surface area contributed by atoms with Crippen LogP contribution in [0.15, 0.2) is 24.3 Å². The van der Waals surface area contributed by atoms with Crippen LogP contribution in [0.2, 0.25) is 0 Å². The number of rotatable bonds is 3. The molecule has 1 aromatic carbocycles. The van der Waals surface area contributed by atoms with Gasteiger partial charge in [0.1, 0.15) is 0 Å². The van der Waals surface area contributed by atoms with Crippen molar-refractivity contribution >= 4 is 5.69 Å². The van der Waals surface area contributed by atoms with Crippen LogP contribution in [0, 0.1) is 6.92 Å². The highest BCUT2D eigenvalue weighted by Gasteiger charge is 2.30. The maximum Gasteiger partial charge on any atom is 0.0495 e. The maximum atomic E-state index is 5.95. The number of hydrogen-bond acceptors (Lipinski definition) is 2. The summed E-state index contributed by atoms with van der Waals surface area (Å²) in [4.78, 5) is 0. The molecule has 0 spiro atoms. The molecule has 0 amide bonds. The Morgan fingerprint density at radius 1 is 1.12 bits per heavy atom. The topological polar surface area (TPSA) is 38.0 Å². The number of aryl methyl sites for hydroxylation is 1. The highest BCUT2D eigenvalue weighted by molar-refractivity contribution is 5.47. The molecular formula is C14H22N2. The van der Waals surface area contributed by atoms with Crippen molar-refractivity contribution in [2.24, 2.45) is 5.73 Å². The molecule has 2 nitrogen and oxygen atoms in total. The van der Waals surface area contributed by atoms with Crippen LogP contribution >= 0.6 is 0 Å². The molecule has 1 fully saturated rings. The highest BCUT2D eigenvalue weighted by atomic mass is 15.0. The predicted octanol–water partition coefficient (Wildman–Crippen LogP) is 3.07. The van der Waals surface area contributed by atoms with Crippen molar-refractivity contribution in [3.63, 3.8) is 0 Å². The summed E-state index contributed by atoms with van der Waals surface area (Å²) in [6.45, 7) is 2.85. The van der Waals surface area contributed by atoms with E-state index in [2.05, 4.69) is 36.5 Å². The second-order valence-corrected chi connectivity index (χ2v) is 5.04. The average molecular weight is 218 g/mol. The van der Waals surface area contributed by atoms with Gasteiger partial charge in [-0.1, -0.05) is 37.0 Å². The smallest absolute Gasteiger partial charge is 0.0495 e. The van der Waals surface area contributed by atoms with E-state index in [1.54, 1.807) is 0 Å². The minimum Gasteiger partial charge on any atom is -0.378 e. The van der Waals surface area contributed by atoms with E-state index in [4.69, 9.17) is 5.73 Å². The van der Waals surface area contributed by atoms with Crippen molar-refractivity contribution in [1.82, 2.24) is 0 Å². The highest BCUT2D eigenvalue weighted by Crippen LogP contribution is 2.30. The Bertz CT molecular complexity index is 323. The van der Waals surface area contributed by atoms with Crippen LogP contribution in [-0.2, 0) is 0 Å². The third-order valence-electron chi connectivity index (χ3n) is 3.66. The van der Waals surface area contributed by atoms with Gasteiger partial charge in [0.25, 0.3) is 0 Å². The monoisotopic (exact) mass is 218 g/mol. The van der Waals surface area contributed by atoms with E-state index in [1.165, 1.54) is 43.4 Å². The maximum absolute atomic E-state index is 5.95. The zero-order valence-corrected chi connectivity index (χ0v) is 10.1. The van der Waals surface area contributed by atoms with Gasteiger partial charge < -0.3 is 11.1 Å². The van der Waals surface area contributed by atoms with Crippen LogP contribution in [0.25, 0.3) is 0 Å². The molecule has 2 heteroatoms. The molecule has 16 heavy (non-hydrogen) atoms. The second kappa shape index (κ2) is 4.88. The molecule has 0 unspecified atom stereocenters. The molecule has 1 aromatic rings. The number of hydrogen-bond donors (Lipinski definition) is 2. The Kier molecular flexibility index (Phi) is 3.49. The van der Waals surface area contributed by atoms with Crippen LogP contribution in [0.1, 0.15) is 37.7 Å². The van der Waals surface area contributed by atoms with Gasteiger partial charge >= 0.3 is 0 Å². The van der Waals surface area contributed by atoms with Crippen LogP contribution in [0.5, 0.6) is 0 Å². The van der Waals surface area contributed by atoms with E-state index in [0.29, 0.717) is 0 Å². The molecule has 0 aromatic heterocycles. The first kappa shape index (κ1) is 11.5. The first-order chi connectivity index (χ1) is 7.74. The van der Waals surface area contributed by atoms with Crippen molar-refractivity contribution < 1.29 is 0 Å². The molecule has 2 rings (SSSR count). The summed E-state index contributed by atoms with van der Waals surface area (Å²) in [7, 11) is 0. The van der Waals surface area contributed by atoms with E-state index in [-0.39, 0.29) is 5.54 Å². The van der Waals surface area contributed by atoms with Crippen LogP contribution < -0.4 is 11.1 Å². The van der Waals surface area contributed by atoms with Gasteiger partial charge in [-0.2, -0.15) is 0 Å². The Morgan fingerprint density at radius 3 is 2.31 bits per heavy atom. The Morgan fingerprint density at radius 2 is 1.75 bits per heavy atom. The molecule has 1 aliphatic rings. The molecule has 1 saturated carbocycles. The molecule has 3 N–H and O–H groups in total. The molecule has 0 radical (unpaired) electrons. The quantitative estimate of drug-likeness (QED) is 0.818. The minimum atomic E-state index is 0.146. The molecule has 88 valence electrons. The number of benzene rings is 1. The summed E-state index contributed by atoms with van der Waals surface area (Å²) in [6, 6.07) is 8.60. The third-order valence-corrected chi connectivity index (χ3v) is 3.66. The number of anilines is 1. The van der Waals surface area contributed by atoms with Gasteiger partial charge in [-0.05, 0) is 31.9 Å². The Labute approximate surface area is 98.2 Å². The van der Waals surface area contributed by atoms with E-state index in [0.717, 1.165) is 6.54 Å². The number of nitrogens with one attached hydrogen (secondary N) is 1. The Hall–Kier alpha value is -1.02. The SMILES string of the molecule is Cc1ccc(NC2(CN)CCCCC2)cc1. The lowest BCUT2D eigenvalue weighted by atomic mass is 9.81. The molecule has 1 aliphatic carbocycles. The van der Waals surface area contributed by atoms with Gasteiger partial charge in [0.15, 0.2) is 0 Å². The van der Waals surface area contributed by atoms with E-state index in [9.17, 15) is 0 Å². The number of nitrogens with two attached hydrogens (primary N) is 1. The first-order valence-electron chi connectivity index (χ1n) is 6.29. The van der Waals surface area contributed by atoms with Gasteiger partial charge in [-0.25, -0.2) is 0 Å². The summed E-state index contributed by atoms with van der Waals surface area (Å²) in [5.74, 6) is 0. The van der Waals surface area contributed by atoms with Gasteiger partial charge in [0.2, 0.25) is 0 Å². The summed E-state index contributed by atoms with van der Waals surface area (Å²) >= 11 is 0. The van der Waals surface area contributed by atoms with Crippen molar-refractivity contribution in [3.8, 4) is 0 Å².